The maximum Gasteiger partial charge on any atom is 0.149 e. The lowest BCUT2D eigenvalue weighted by Crippen LogP contribution is -2.26. The van der Waals surface area contributed by atoms with Gasteiger partial charge in [-0.25, -0.2) is 0 Å². The van der Waals surface area contributed by atoms with Crippen LogP contribution in [0.4, 0.5) is 0 Å². The van der Waals surface area contributed by atoms with Crippen LogP contribution in [0.2, 0.25) is 0 Å². The minimum Gasteiger partial charge on any atom is -0.497 e. The second kappa shape index (κ2) is 5.51. The molecule has 1 atom stereocenters. The van der Waals surface area contributed by atoms with Gasteiger partial charge in [-0.1, -0.05) is 12.1 Å². The van der Waals surface area contributed by atoms with Crippen molar-refractivity contribution in [3.63, 3.8) is 0 Å². The van der Waals surface area contributed by atoms with Gasteiger partial charge in [0.1, 0.15) is 11.5 Å². The topological polar surface area (TPSA) is 52.3 Å². The van der Waals surface area contributed by atoms with Crippen molar-refractivity contribution >= 4 is 5.78 Å². The summed E-state index contributed by atoms with van der Waals surface area (Å²) in [6.07, 6.45) is 1.21. The third-order valence-electron chi connectivity index (χ3n) is 2.30. The quantitative estimate of drug-likeness (QED) is 0.796. The van der Waals surface area contributed by atoms with Gasteiger partial charge in [-0.3, -0.25) is 4.79 Å². The lowest BCUT2D eigenvalue weighted by atomic mass is 10.0. The van der Waals surface area contributed by atoms with Crippen LogP contribution >= 0.6 is 0 Å². The van der Waals surface area contributed by atoms with Crippen LogP contribution in [-0.4, -0.2) is 18.9 Å². The van der Waals surface area contributed by atoms with Crippen LogP contribution in [0.5, 0.6) is 5.75 Å². The summed E-state index contributed by atoms with van der Waals surface area (Å²) in [6, 6.07) is 7.36. The van der Waals surface area contributed by atoms with Crippen LogP contribution in [0.15, 0.2) is 24.3 Å². The van der Waals surface area contributed by atoms with E-state index in [1.54, 1.807) is 14.0 Å². The maximum atomic E-state index is 11.3. The molecule has 2 N–H and O–H groups in total. The predicted octanol–water partition coefficient (Wildman–Crippen LogP) is 1.54. The van der Waals surface area contributed by atoms with Gasteiger partial charge in [0.05, 0.1) is 13.2 Å². The summed E-state index contributed by atoms with van der Waals surface area (Å²) in [5, 5.41) is 0. The smallest absolute Gasteiger partial charge is 0.149 e. The highest BCUT2D eigenvalue weighted by Crippen LogP contribution is 2.14. The number of ketones is 1. The average molecular weight is 207 g/mol. The Labute approximate surface area is 90.2 Å². The molecule has 0 aliphatic carbocycles. The van der Waals surface area contributed by atoms with E-state index in [9.17, 15) is 4.79 Å². The van der Waals surface area contributed by atoms with Crippen molar-refractivity contribution in [2.45, 2.75) is 25.8 Å². The van der Waals surface area contributed by atoms with Gasteiger partial charge < -0.3 is 10.5 Å². The lowest BCUT2D eigenvalue weighted by Gasteiger charge is -2.05. The first-order chi connectivity index (χ1) is 7.13. The highest BCUT2D eigenvalue weighted by atomic mass is 16.5. The summed E-state index contributed by atoms with van der Waals surface area (Å²) < 4.78 is 5.10. The Morgan fingerprint density at radius 3 is 2.87 bits per heavy atom. The highest BCUT2D eigenvalue weighted by molar-refractivity contribution is 5.83. The molecule has 0 aliphatic rings. The van der Waals surface area contributed by atoms with E-state index >= 15 is 0 Å². The number of benzene rings is 1. The SMILES string of the molecule is COc1cccc(CCC(=O)C(C)N)c1. The van der Waals surface area contributed by atoms with Crippen molar-refractivity contribution in [1.82, 2.24) is 0 Å². The molecule has 3 nitrogen and oxygen atoms in total. The van der Waals surface area contributed by atoms with Crippen LogP contribution in [0, 0.1) is 0 Å². The molecule has 0 aromatic heterocycles. The molecule has 0 radical (unpaired) electrons. The van der Waals surface area contributed by atoms with Crippen molar-refractivity contribution in [2.24, 2.45) is 5.73 Å². The summed E-state index contributed by atoms with van der Waals surface area (Å²) in [4.78, 5) is 11.3. The number of hydrogen-bond donors (Lipinski definition) is 1. The van der Waals surface area contributed by atoms with E-state index in [1.807, 2.05) is 24.3 Å². The fourth-order valence-electron chi connectivity index (χ4n) is 1.32. The zero-order valence-corrected chi connectivity index (χ0v) is 9.19. The number of carbonyl (C=O) groups excluding carboxylic acids is 1. The van der Waals surface area contributed by atoms with Crippen LogP contribution in [0.25, 0.3) is 0 Å². The molecular weight excluding hydrogens is 190 g/mol. The predicted molar refractivity (Wildman–Crippen MR) is 60.0 cm³/mol. The molecule has 0 fully saturated rings. The molecule has 0 aliphatic heterocycles. The Morgan fingerprint density at radius 1 is 1.53 bits per heavy atom. The molecule has 1 rings (SSSR count). The molecule has 0 saturated heterocycles. The fraction of sp³-hybridized carbons (Fsp3) is 0.417. The third-order valence-corrected chi connectivity index (χ3v) is 2.30. The Hall–Kier alpha value is -1.35. The van der Waals surface area contributed by atoms with Gasteiger partial charge >= 0.3 is 0 Å². The number of rotatable bonds is 5. The van der Waals surface area contributed by atoms with Crippen LogP contribution in [0.3, 0.4) is 0 Å². The van der Waals surface area contributed by atoms with Gasteiger partial charge in [-0.05, 0) is 31.0 Å². The summed E-state index contributed by atoms with van der Waals surface area (Å²) in [5.41, 5.74) is 6.58. The number of carbonyl (C=O) groups is 1. The summed E-state index contributed by atoms with van der Waals surface area (Å²) in [7, 11) is 1.63. The van der Waals surface area contributed by atoms with E-state index in [0.717, 1.165) is 17.7 Å². The second-order valence-electron chi connectivity index (χ2n) is 3.61. The van der Waals surface area contributed by atoms with Gasteiger partial charge in [-0.15, -0.1) is 0 Å². The monoisotopic (exact) mass is 207 g/mol. The first-order valence-electron chi connectivity index (χ1n) is 5.04. The molecule has 0 bridgehead atoms. The molecule has 0 heterocycles. The molecule has 1 unspecified atom stereocenters. The largest absolute Gasteiger partial charge is 0.497 e. The minimum absolute atomic E-state index is 0.0952. The summed E-state index contributed by atoms with van der Waals surface area (Å²) in [5.74, 6) is 0.915. The number of aryl methyl sites for hydroxylation is 1. The fourth-order valence-corrected chi connectivity index (χ4v) is 1.32. The number of ether oxygens (including phenoxy) is 1. The van der Waals surface area contributed by atoms with Gasteiger partial charge in [0, 0.05) is 6.42 Å². The van der Waals surface area contributed by atoms with Crippen molar-refractivity contribution in [2.75, 3.05) is 7.11 Å². The summed E-state index contributed by atoms with van der Waals surface area (Å²) in [6.45, 7) is 1.72. The number of nitrogens with two attached hydrogens (primary N) is 1. The van der Waals surface area contributed by atoms with Crippen molar-refractivity contribution in [3.8, 4) is 5.75 Å². The van der Waals surface area contributed by atoms with Crippen LogP contribution < -0.4 is 10.5 Å². The highest BCUT2D eigenvalue weighted by Gasteiger charge is 2.07. The molecule has 0 saturated carbocycles. The van der Waals surface area contributed by atoms with Crippen LogP contribution in [0.1, 0.15) is 18.9 Å². The molecular formula is C12H17NO2. The van der Waals surface area contributed by atoms with Gasteiger partial charge in [0.2, 0.25) is 0 Å². The van der Waals surface area contributed by atoms with Gasteiger partial charge in [0.25, 0.3) is 0 Å². The summed E-state index contributed by atoms with van der Waals surface area (Å²) >= 11 is 0. The van der Waals surface area contributed by atoms with Crippen molar-refractivity contribution in [3.05, 3.63) is 29.8 Å². The second-order valence-corrected chi connectivity index (χ2v) is 3.61. The van der Waals surface area contributed by atoms with E-state index in [2.05, 4.69) is 0 Å². The molecule has 0 amide bonds. The third kappa shape index (κ3) is 3.72. The normalized spacial score (nSPS) is 12.2. The van der Waals surface area contributed by atoms with Crippen molar-refractivity contribution < 1.29 is 9.53 Å². The molecule has 1 aromatic rings. The number of Topliss-reactive ketones (excluding diaryl/α,β-unsaturated/α-hetero) is 1. The maximum absolute atomic E-state index is 11.3. The van der Waals surface area contributed by atoms with E-state index in [4.69, 9.17) is 10.5 Å². The van der Waals surface area contributed by atoms with Crippen molar-refractivity contribution in [1.29, 1.82) is 0 Å². The van der Waals surface area contributed by atoms with Gasteiger partial charge in [-0.2, -0.15) is 0 Å². The Balaban J connectivity index is 2.54. The minimum atomic E-state index is -0.365. The Bertz CT molecular complexity index is 334. The van der Waals surface area contributed by atoms with E-state index in [1.165, 1.54) is 0 Å². The average Bonchev–Trinajstić information content (AvgIpc) is 2.26. The molecule has 0 spiro atoms. The number of hydrogen-bond acceptors (Lipinski definition) is 3. The number of methoxy groups -OCH3 is 1. The molecule has 15 heavy (non-hydrogen) atoms. The Morgan fingerprint density at radius 2 is 2.27 bits per heavy atom. The first kappa shape index (κ1) is 11.7. The van der Waals surface area contributed by atoms with Gasteiger partial charge in [0.15, 0.2) is 0 Å². The standard InChI is InChI=1S/C12H17NO2/c1-9(13)12(14)7-6-10-4-3-5-11(8-10)15-2/h3-5,8-9H,6-7,13H2,1-2H3. The van der Waals surface area contributed by atoms with E-state index in [-0.39, 0.29) is 11.8 Å². The molecule has 3 heteroatoms. The van der Waals surface area contributed by atoms with Crippen LogP contribution in [-0.2, 0) is 11.2 Å². The lowest BCUT2D eigenvalue weighted by molar-refractivity contribution is -0.119. The van der Waals surface area contributed by atoms with E-state index < -0.39 is 0 Å². The van der Waals surface area contributed by atoms with E-state index in [0.29, 0.717) is 6.42 Å². The Kier molecular flexibility index (Phi) is 4.31. The zero-order valence-electron chi connectivity index (χ0n) is 9.19. The zero-order chi connectivity index (χ0) is 11.3. The first-order valence-corrected chi connectivity index (χ1v) is 5.04. The molecule has 82 valence electrons. The molecule has 1 aromatic carbocycles.